The van der Waals surface area contributed by atoms with E-state index in [0.29, 0.717) is 6.04 Å². The van der Waals surface area contributed by atoms with E-state index in [1.165, 1.54) is 36.1 Å². The predicted octanol–water partition coefficient (Wildman–Crippen LogP) is 4.18. The Labute approximate surface area is 102 Å². The number of nitrogens with one attached hydrogen (secondary N) is 1. The van der Waals surface area contributed by atoms with E-state index in [2.05, 4.69) is 59.9 Å². The van der Waals surface area contributed by atoms with Crippen LogP contribution < -0.4 is 5.32 Å². The van der Waals surface area contributed by atoms with E-state index in [1.807, 2.05) is 0 Å². The van der Waals surface area contributed by atoms with Crippen molar-refractivity contribution in [2.45, 2.75) is 25.3 Å². The maximum absolute atomic E-state index is 3.64. The van der Waals surface area contributed by atoms with Crippen molar-refractivity contribution in [1.82, 2.24) is 0 Å². The number of anilines is 1. The van der Waals surface area contributed by atoms with E-state index in [0.717, 1.165) is 0 Å². The summed E-state index contributed by atoms with van der Waals surface area (Å²) in [7, 11) is 0. The van der Waals surface area contributed by atoms with Crippen molar-refractivity contribution in [3.8, 4) is 0 Å². The van der Waals surface area contributed by atoms with Gasteiger partial charge in [0.05, 0.1) is 6.04 Å². The van der Waals surface area contributed by atoms with Gasteiger partial charge in [-0.15, -0.1) is 0 Å². The maximum Gasteiger partial charge on any atom is 0.0516 e. The van der Waals surface area contributed by atoms with Crippen LogP contribution in [-0.4, -0.2) is 0 Å². The lowest BCUT2D eigenvalue weighted by Gasteiger charge is -2.27. The molecule has 0 radical (unpaired) electrons. The van der Waals surface area contributed by atoms with Crippen LogP contribution in [-0.2, 0) is 6.42 Å². The summed E-state index contributed by atoms with van der Waals surface area (Å²) in [4.78, 5) is 0. The molecule has 0 spiro atoms. The van der Waals surface area contributed by atoms with Crippen molar-refractivity contribution in [3.63, 3.8) is 0 Å². The zero-order chi connectivity index (χ0) is 11.5. The van der Waals surface area contributed by atoms with Crippen LogP contribution in [0.1, 0.15) is 30.0 Å². The molecule has 1 atom stereocenters. The Morgan fingerprint density at radius 1 is 0.882 bits per heavy atom. The number of para-hydroxylation sites is 1. The van der Waals surface area contributed by atoms with Gasteiger partial charge in [-0.1, -0.05) is 42.5 Å². The minimum Gasteiger partial charge on any atom is -0.378 e. The highest BCUT2D eigenvalue weighted by atomic mass is 14.9. The van der Waals surface area contributed by atoms with Gasteiger partial charge in [-0.2, -0.15) is 0 Å². The second-order valence-corrected chi connectivity index (χ2v) is 4.65. The molecular weight excluding hydrogens is 206 g/mol. The molecule has 0 fully saturated rings. The first kappa shape index (κ1) is 10.4. The van der Waals surface area contributed by atoms with Crippen LogP contribution in [0.3, 0.4) is 0 Å². The lowest BCUT2D eigenvalue weighted by Crippen LogP contribution is -2.17. The van der Waals surface area contributed by atoms with Crippen molar-refractivity contribution in [2.24, 2.45) is 0 Å². The van der Waals surface area contributed by atoms with Crippen molar-refractivity contribution < 1.29 is 0 Å². The van der Waals surface area contributed by atoms with Crippen molar-refractivity contribution in [1.29, 1.82) is 0 Å². The average molecular weight is 223 g/mol. The largest absolute Gasteiger partial charge is 0.378 e. The molecular formula is C16H17N. The number of hydrogen-bond donors (Lipinski definition) is 1. The fourth-order valence-electron chi connectivity index (χ4n) is 2.64. The molecule has 0 bridgehead atoms. The Morgan fingerprint density at radius 3 is 2.53 bits per heavy atom. The zero-order valence-electron chi connectivity index (χ0n) is 9.89. The van der Waals surface area contributed by atoms with E-state index in [9.17, 15) is 0 Å². The number of hydrogen-bond acceptors (Lipinski definition) is 1. The number of aryl methyl sites for hydroxylation is 1. The summed E-state index contributed by atoms with van der Waals surface area (Å²) in [5, 5.41) is 3.64. The highest BCUT2D eigenvalue weighted by Crippen LogP contribution is 2.32. The minimum atomic E-state index is 0.474. The van der Waals surface area contributed by atoms with Crippen LogP contribution in [0.2, 0.25) is 0 Å². The van der Waals surface area contributed by atoms with Gasteiger partial charge < -0.3 is 5.32 Å². The standard InChI is InChI=1S/C16H17N/c1-2-9-14(10-3-1)17-16-12-6-8-13-7-4-5-11-15(13)16/h1-5,7,9-11,16-17H,6,8,12H2. The molecule has 1 heteroatoms. The molecule has 2 aromatic carbocycles. The normalized spacial score (nSPS) is 18.5. The third-order valence-corrected chi connectivity index (χ3v) is 3.48. The molecule has 1 unspecified atom stereocenters. The summed E-state index contributed by atoms with van der Waals surface area (Å²) < 4.78 is 0. The second-order valence-electron chi connectivity index (χ2n) is 4.65. The van der Waals surface area contributed by atoms with Crippen LogP contribution in [0.15, 0.2) is 54.6 Å². The van der Waals surface area contributed by atoms with E-state index in [4.69, 9.17) is 0 Å². The Bertz CT molecular complexity index is 490. The number of benzene rings is 2. The van der Waals surface area contributed by atoms with E-state index in [-0.39, 0.29) is 0 Å². The van der Waals surface area contributed by atoms with Crippen LogP contribution in [0.5, 0.6) is 0 Å². The molecule has 1 nitrogen and oxygen atoms in total. The van der Waals surface area contributed by atoms with Crippen LogP contribution >= 0.6 is 0 Å². The Kier molecular flexibility index (Phi) is 2.83. The SMILES string of the molecule is c1ccc(NC2CCCc3ccccc32)cc1. The molecule has 1 aliphatic carbocycles. The fourth-order valence-corrected chi connectivity index (χ4v) is 2.64. The topological polar surface area (TPSA) is 12.0 Å². The van der Waals surface area contributed by atoms with Gasteiger partial charge in [-0.05, 0) is 42.5 Å². The van der Waals surface area contributed by atoms with Crippen molar-refractivity contribution in [3.05, 3.63) is 65.7 Å². The number of rotatable bonds is 2. The van der Waals surface area contributed by atoms with Crippen molar-refractivity contribution >= 4 is 5.69 Å². The van der Waals surface area contributed by atoms with Gasteiger partial charge in [0.1, 0.15) is 0 Å². The van der Waals surface area contributed by atoms with E-state index in [1.54, 1.807) is 0 Å². The fraction of sp³-hybridized carbons (Fsp3) is 0.250. The zero-order valence-corrected chi connectivity index (χ0v) is 9.89. The van der Waals surface area contributed by atoms with Gasteiger partial charge in [0.25, 0.3) is 0 Å². The number of fused-ring (bicyclic) bond motifs is 1. The molecule has 17 heavy (non-hydrogen) atoms. The van der Waals surface area contributed by atoms with Gasteiger partial charge in [0.15, 0.2) is 0 Å². The lowest BCUT2D eigenvalue weighted by molar-refractivity contribution is 0.600. The summed E-state index contributed by atoms with van der Waals surface area (Å²) in [6.45, 7) is 0. The van der Waals surface area contributed by atoms with E-state index < -0.39 is 0 Å². The molecule has 2 aromatic rings. The molecule has 0 aliphatic heterocycles. The summed E-state index contributed by atoms with van der Waals surface area (Å²) in [6, 6.07) is 19.8. The van der Waals surface area contributed by atoms with E-state index >= 15 is 0 Å². The summed E-state index contributed by atoms with van der Waals surface area (Å²) >= 11 is 0. The second kappa shape index (κ2) is 4.62. The third kappa shape index (κ3) is 2.19. The highest BCUT2D eigenvalue weighted by molar-refractivity contribution is 5.47. The quantitative estimate of drug-likeness (QED) is 0.805. The molecule has 0 saturated heterocycles. The van der Waals surface area contributed by atoms with Crippen LogP contribution in [0.25, 0.3) is 0 Å². The lowest BCUT2D eigenvalue weighted by atomic mass is 9.87. The molecule has 0 amide bonds. The Morgan fingerprint density at radius 2 is 1.65 bits per heavy atom. The summed E-state index contributed by atoms with van der Waals surface area (Å²) in [6.07, 6.45) is 3.73. The Hall–Kier alpha value is -1.76. The first-order valence-electron chi connectivity index (χ1n) is 6.33. The van der Waals surface area contributed by atoms with Gasteiger partial charge in [-0.25, -0.2) is 0 Å². The third-order valence-electron chi connectivity index (χ3n) is 3.48. The monoisotopic (exact) mass is 223 g/mol. The molecule has 0 aromatic heterocycles. The summed E-state index contributed by atoms with van der Waals surface area (Å²) in [5.74, 6) is 0. The van der Waals surface area contributed by atoms with Crippen LogP contribution in [0.4, 0.5) is 5.69 Å². The first-order chi connectivity index (χ1) is 8.43. The molecule has 86 valence electrons. The average Bonchev–Trinajstić information content (AvgIpc) is 2.40. The van der Waals surface area contributed by atoms with Gasteiger partial charge in [0, 0.05) is 5.69 Å². The highest BCUT2D eigenvalue weighted by Gasteiger charge is 2.18. The van der Waals surface area contributed by atoms with Gasteiger partial charge >= 0.3 is 0 Å². The molecule has 0 heterocycles. The van der Waals surface area contributed by atoms with Gasteiger partial charge in [-0.3, -0.25) is 0 Å². The molecule has 1 aliphatic rings. The minimum absolute atomic E-state index is 0.474. The summed E-state index contributed by atoms with van der Waals surface area (Å²) in [5.41, 5.74) is 4.20. The van der Waals surface area contributed by atoms with Crippen molar-refractivity contribution in [2.75, 3.05) is 5.32 Å². The maximum atomic E-state index is 3.64. The molecule has 0 saturated carbocycles. The predicted molar refractivity (Wildman–Crippen MR) is 72.2 cm³/mol. The van der Waals surface area contributed by atoms with Crippen LogP contribution in [0, 0.1) is 0 Å². The Balaban J connectivity index is 1.86. The molecule has 3 rings (SSSR count). The van der Waals surface area contributed by atoms with Gasteiger partial charge in [0.2, 0.25) is 0 Å². The smallest absolute Gasteiger partial charge is 0.0516 e. The molecule has 1 N–H and O–H groups in total. The first-order valence-corrected chi connectivity index (χ1v) is 6.33.